The largest absolute Gasteiger partial charge is 0.481 e. The van der Waals surface area contributed by atoms with Crippen LogP contribution in [0.4, 0.5) is 0 Å². The number of aromatic nitrogens is 2. The zero-order chi connectivity index (χ0) is 20.3. The Kier molecular flexibility index (Phi) is 6.10. The normalized spacial score (nSPS) is 15.9. The Morgan fingerprint density at radius 1 is 1.32 bits per heavy atom. The van der Waals surface area contributed by atoms with Crippen molar-refractivity contribution >= 4 is 17.7 Å². The van der Waals surface area contributed by atoms with Crippen molar-refractivity contribution in [1.29, 1.82) is 0 Å². The van der Waals surface area contributed by atoms with Crippen LogP contribution in [0.15, 0.2) is 29.4 Å². The van der Waals surface area contributed by atoms with E-state index in [1.165, 1.54) is 16.7 Å². The maximum Gasteiger partial charge on any atom is 0.312 e. The Balaban J connectivity index is 1.94. The first kappa shape index (κ1) is 20.4. The average molecular weight is 395 g/mol. The first-order chi connectivity index (χ1) is 13.3. The molecule has 0 saturated carbocycles. The van der Waals surface area contributed by atoms with Crippen molar-refractivity contribution in [3.05, 3.63) is 52.6 Å². The molecule has 146 valence electrons. The molecule has 28 heavy (non-hydrogen) atoms. The molecule has 1 aromatic carbocycles. The van der Waals surface area contributed by atoms with Gasteiger partial charge in [0.05, 0.1) is 11.9 Å². The number of hydrogen-bond donors (Lipinski definition) is 1. The summed E-state index contributed by atoms with van der Waals surface area (Å²) in [5, 5.41) is 9.45. The topological polar surface area (TPSA) is 63.1 Å². The maximum atomic E-state index is 11.5. The van der Waals surface area contributed by atoms with E-state index >= 15 is 0 Å². The van der Waals surface area contributed by atoms with Crippen LogP contribution in [-0.4, -0.2) is 26.8 Å². The lowest BCUT2D eigenvalue weighted by atomic mass is 9.80. The van der Waals surface area contributed by atoms with E-state index in [0.29, 0.717) is 17.8 Å². The molecule has 5 heteroatoms. The Morgan fingerprint density at radius 3 is 2.82 bits per heavy atom. The summed E-state index contributed by atoms with van der Waals surface area (Å²) in [6.45, 7) is 8.61. The molecule has 1 aromatic heterocycles. The van der Waals surface area contributed by atoms with Crippen LogP contribution < -0.4 is 0 Å². The fraction of sp³-hybridized carbons (Fsp3) is 0.435. The maximum absolute atomic E-state index is 11.5. The van der Waals surface area contributed by atoms with E-state index in [4.69, 9.17) is 0 Å². The number of rotatable bonds is 4. The number of carbonyl (C=O) groups is 1. The number of benzene rings is 1. The van der Waals surface area contributed by atoms with E-state index in [1.54, 1.807) is 6.20 Å². The summed E-state index contributed by atoms with van der Waals surface area (Å²) in [4.78, 5) is 21.5. The Hall–Kier alpha value is -2.32. The standard InChI is InChI=1S/C23H26N2O2S/c1-5-6-18(22(26)27)20-14-24-13-17(25-20)8-7-16-12-19-21(11-15(16)2)28-10-9-23(19,3)4/h11-14,18H,5-6,9-10H2,1-4H3,(H,26,27). The van der Waals surface area contributed by atoms with Crippen molar-refractivity contribution in [2.45, 2.75) is 63.2 Å². The zero-order valence-electron chi connectivity index (χ0n) is 16.9. The van der Waals surface area contributed by atoms with Gasteiger partial charge in [-0.2, -0.15) is 0 Å². The van der Waals surface area contributed by atoms with Crippen LogP contribution in [0.1, 0.15) is 74.0 Å². The quantitative estimate of drug-likeness (QED) is 0.745. The lowest BCUT2D eigenvalue weighted by Gasteiger charge is -2.32. The van der Waals surface area contributed by atoms with E-state index < -0.39 is 11.9 Å². The number of carboxylic acid groups (broad SMARTS) is 1. The predicted octanol–water partition coefficient (Wildman–Crippen LogP) is 4.93. The monoisotopic (exact) mass is 394 g/mol. The van der Waals surface area contributed by atoms with E-state index in [1.807, 2.05) is 18.7 Å². The molecule has 0 aliphatic carbocycles. The molecule has 2 heterocycles. The molecule has 4 nitrogen and oxygen atoms in total. The fourth-order valence-corrected chi connectivity index (χ4v) is 5.03. The molecule has 1 aliphatic rings. The highest BCUT2D eigenvalue weighted by Gasteiger charge is 2.28. The smallest absolute Gasteiger partial charge is 0.312 e. The first-order valence-corrected chi connectivity index (χ1v) is 10.6. The molecule has 1 aliphatic heterocycles. The van der Waals surface area contributed by atoms with E-state index in [-0.39, 0.29) is 5.41 Å². The minimum absolute atomic E-state index is 0.152. The highest BCUT2D eigenvalue weighted by Crippen LogP contribution is 2.42. The lowest BCUT2D eigenvalue weighted by Crippen LogP contribution is -2.23. The van der Waals surface area contributed by atoms with Crippen LogP contribution in [0.2, 0.25) is 0 Å². The number of aryl methyl sites for hydroxylation is 1. The van der Waals surface area contributed by atoms with Crippen LogP contribution in [0.5, 0.6) is 0 Å². The number of fused-ring (bicyclic) bond motifs is 1. The summed E-state index contributed by atoms with van der Waals surface area (Å²) in [5.74, 6) is 5.97. The van der Waals surface area contributed by atoms with Crippen LogP contribution in [0.25, 0.3) is 0 Å². The van der Waals surface area contributed by atoms with Gasteiger partial charge in [-0.15, -0.1) is 11.8 Å². The van der Waals surface area contributed by atoms with Gasteiger partial charge >= 0.3 is 5.97 Å². The van der Waals surface area contributed by atoms with Gasteiger partial charge < -0.3 is 5.11 Å². The van der Waals surface area contributed by atoms with Crippen molar-refractivity contribution in [3.63, 3.8) is 0 Å². The first-order valence-electron chi connectivity index (χ1n) is 9.66. The summed E-state index contributed by atoms with van der Waals surface area (Å²) in [7, 11) is 0. The number of thioether (sulfide) groups is 1. The third-order valence-electron chi connectivity index (χ3n) is 5.25. The van der Waals surface area contributed by atoms with E-state index in [0.717, 1.165) is 29.7 Å². The summed E-state index contributed by atoms with van der Waals surface area (Å²) in [6, 6.07) is 4.44. The second-order valence-corrected chi connectivity index (χ2v) is 9.04. The molecule has 0 fully saturated rings. The summed E-state index contributed by atoms with van der Waals surface area (Å²) >= 11 is 1.91. The minimum atomic E-state index is -0.869. The molecular formula is C23H26N2O2S. The van der Waals surface area contributed by atoms with Crippen LogP contribution in [0.3, 0.4) is 0 Å². The van der Waals surface area contributed by atoms with Crippen LogP contribution in [0, 0.1) is 18.8 Å². The molecule has 1 atom stereocenters. The fourth-order valence-electron chi connectivity index (χ4n) is 3.44. The molecule has 0 saturated heterocycles. The molecule has 2 aromatic rings. The molecule has 1 N–H and O–H groups in total. The Morgan fingerprint density at radius 2 is 2.11 bits per heavy atom. The lowest BCUT2D eigenvalue weighted by molar-refractivity contribution is -0.139. The molecule has 3 rings (SSSR count). The second-order valence-electron chi connectivity index (χ2n) is 7.90. The number of nitrogens with zero attached hydrogens (tertiary/aromatic N) is 2. The molecular weight excluding hydrogens is 368 g/mol. The molecule has 0 radical (unpaired) electrons. The number of aliphatic carboxylic acids is 1. The third kappa shape index (κ3) is 4.39. The van der Waals surface area contributed by atoms with Crippen LogP contribution >= 0.6 is 11.8 Å². The highest BCUT2D eigenvalue weighted by molar-refractivity contribution is 7.99. The molecule has 1 unspecified atom stereocenters. The predicted molar refractivity (Wildman–Crippen MR) is 113 cm³/mol. The van der Waals surface area contributed by atoms with Crippen molar-refractivity contribution < 1.29 is 9.90 Å². The van der Waals surface area contributed by atoms with Crippen molar-refractivity contribution in [1.82, 2.24) is 9.97 Å². The highest BCUT2D eigenvalue weighted by atomic mass is 32.2. The van der Waals surface area contributed by atoms with Crippen molar-refractivity contribution in [2.24, 2.45) is 0 Å². The van der Waals surface area contributed by atoms with Crippen LogP contribution in [-0.2, 0) is 10.2 Å². The average Bonchev–Trinajstić information content (AvgIpc) is 2.64. The summed E-state index contributed by atoms with van der Waals surface area (Å²) in [6.07, 6.45) is 5.59. The van der Waals surface area contributed by atoms with Gasteiger partial charge in [-0.05, 0) is 60.1 Å². The number of carboxylic acids is 1. The Labute approximate surface area is 171 Å². The van der Waals surface area contributed by atoms with Crippen molar-refractivity contribution in [2.75, 3.05) is 5.75 Å². The van der Waals surface area contributed by atoms with Gasteiger partial charge in [0.2, 0.25) is 0 Å². The minimum Gasteiger partial charge on any atom is -0.481 e. The van der Waals surface area contributed by atoms with E-state index in [2.05, 4.69) is 54.7 Å². The van der Waals surface area contributed by atoms with Gasteiger partial charge in [-0.1, -0.05) is 33.1 Å². The van der Waals surface area contributed by atoms with Gasteiger partial charge in [0.15, 0.2) is 0 Å². The third-order valence-corrected chi connectivity index (χ3v) is 6.31. The summed E-state index contributed by atoms with van der Waals surface area (Å²) < 4.78 is 0. The second kappa shape index (κ2) is 8.36. The van der Waals surface area contributed by atoms with Gasteiger partial charge in [-0.25, -0.2) is 4.98 Å². The number of hydrogen-bond acceptors (Lipinski definition) is 4. The molecule has 0 amide bonds. The molecule has 0 spiro atoms. The molecule has 0 bridgehead atoms. The Bertz CT molecular complexity index is 957. The van der Waals surface area contributed by atoms with Gasteiger partial charge in [0, 0.05) is 16.7 Å². The van der Waals surface area contributed by atoms with Crippen molar-refractivity contribution in [3.8, 4) is 11.8 Å². The SMILES string of the molecule is CCCC(C(=O)O)c1cncc(C#Cc2cc3c(cc2C)SCCC3(C)C)n1. The summed E-state index contributed by atoms with van der Waals surface area (Å²) in [5.41, 5.74) is 4.62. The van der Waals surface area contributed by atoms with Gasteiger partial charge in [0.1, 0.15) is 11.6 Å². The van der Waals surface area contributed by atoms with Gasteiger partial charge in [-0.3, -0.25) is 9.78 Å². The van der Waals surface area contributed by atoms with Gasteiger partial charge in [0.25, 0.3) is 0 Å². The van der Waals surface area contributed by atoms with E-state index in [9.17, 15) is 9.90 Å². The zero-order valence-corrected chi connectivity index (χ0v) is 17.7.